The lowest BCUT2D eigenvalue weighted by atomic mass is 10.1. The zero-order valence-electron chi connectivity index (χ0n) is 14.3. The molecule has 2 aromatic rings. The number of ether oxygens (including phenoxy) is 1. The maximum Gasteiger partial charge on any atom is 0.335 e. The third kappa shape index (κ3) is 4.59. The number of anilines is 1. The van der Waals surface area contributed by atoms with Gasteiger partial charge in [0.25, 0.3) is 5.91 Å². The zero-order valence-corrected chi connectivity index (χ0v) is 16.7. The van der Waals surface area contributed by atoms with E-state index in [4.69, 9.17) is 22.1 Å². The number of carbonyl (C=O) groups is 2. The summed E-state index contributed by atoms with van der Waals surface area (Å²) in [6, 6.07) is 8.08. The van der Waals surface area contributed by atoms with Crippen LogP contribution in [0.15, 0.2) is 34.8 Å². The van der Waals surface area contributed by atoms with Crippen LogP contribution in [-0.4, -0.2) is 29.2 Å². The molecule has 1 amide bonds. The van der Waals surface area contributed by atoms with Gasteiger partial charge < -0.3 is 15.2 Å². The normalized spacial score (nSPS) is 10.2. The van der Waals surface area contributed by atoms with Crippen LogP contribution in [0.3, 0.4) is 0 Å². The van der Waals surface area contributed by atoms with Gasteiger partial charge >= 0.3 is 5.97 Å². The minimum Gasteiger partial charge on any atom is -0.496 e. The van der Waals surface area contributed by atoms with Gasteiger partial charge in [0.15, 0.2) is 5.11 Å². The van der Waals surface area contributed by atoms with Crippen molar-refractivity contribution in [1.82, 2.24) is 5.32 Å². The van der Waals surface area contributed by atoms with Gasteiger partial charge in [-0.25, -0.2) is 4.79 Å². The molecule has 2 aromatic carbocycles. The van der Waals surface area contributed by atoms with Crippen molar-refractivity contribution in [1.29, 1.82) is 0 Å². The molecule has 6 nitrogen and oxygen atoms in total. The number of carbonyl (C=O) groups excluding carboxylic acids is 1. The molecule has 0 bridgehead atoms. The number of methoxy groups -OCH3 is 1. The van der Waals surface area contributed by atoms with Gasteiger partial charge in [0, 0.05) is 10.2 Å². The summed E-state index contributed by atoms with van der Waals surface area (Å²) in [6.07, 6.45) is 0. The fraction of sp³-hybridized carbons (Fsp3) is 0.167. The SMILES string of the molecule is COc1c(C)cc(Br)cc1C(=O)NC(=S)Nc1ccc(C(=O)O)cc1C. The summed E-state index contributed by atoms with van der Waals surface area (Å²) >= 11 is 8.55. The van der Waals surface area contributed by atoms with Crippen molar-refractivity contribution in [3.05, 3.63) is 57.1 Å². The van der Waals surface area contributed by atoms with Crippen LogP contribution in [-0.2, 0) is 0 Å². The van der Waals surface area contributed by atoms with Crippen molar-refractivity contribution in [3.8, 4) is 5.75 Å². The van der Waals surface area contributed by atoms with Crippen molar-refractivity contribution < 1.29 is 19.4 Å². The average molecular weight is 437 g/mol. The lowest BCUT2D eigenvalue weighted by Crippen LogP contribution is -2.34. The molecule has 0 radical (unpaired) electrons. The van der Waals surface area contributed by atoms with Crippen LogP contribution in [0.1, 0.15) is 31.8 Å². The van der Waals surface area contributed by atoms with Crippen molar-refractivity contribution in [3.63, 3.8) is 0 Å². The first kappa shape index (κ1) is 19.9. The smallest absolute Gasteiger partial charge is 0.335 e. The Bertz CT molecular complexity index is 899. The van der Waals surface area contributed by atoms with Crippen LogP contribution in [0.2, 0.25) is 0 Å². The Kier molecular flexibility index (Phi) is 6.33. The number of rotatable bonds is 4. The summed E-state index contributed by atoms with van der Waals surface area (Å²) in [6.45, 7) is 3.59. The number of amides is 1. The molecule has 0 heterocycles. The summed E-state index contributed by atoms with van der Waals surface area (Å²) in [5.41, 5.74) is 2.64. The predicted octanol–water partition coefficient (Wildman–Crippen LogP) is 3.90. The molecule has 0 aliphatic carbocycles. The molecular weight excluding hydrogens is 420 g/mol. The van der Waals surface area contributed by atoms with Crippen LogP contribution >= 0.6 is 28.1 Å². The number of carboxylic acid groups (broad SMARTS) is 1. The van der Waals surface area contributed by atoms with Crippen LogP contribution < -0.4 is 15.4 Å². The number of hydrogen-bond acceptors (Lipinski definition) is 4. The Morgan fingerprint density at radius 2 is 1.85 bits per heavy atom. The van der Waals surface area contributed by atoms with E-state index >= 15 is 0 Å². The Hall–Kier alpha value is -2.45. The van der Waals surface area contributed by atoms with E-state index in [0.717, 1.165) is 10.0 Å². The minimum atomic E-state index is -1.01. The van der Waals surface area contributed by atoms with Gasteiger partial charge in [-0.1, -0.05) is 15.9 Å². The van der Waals surface area contributed by atoms with Gasteiger partial charge in [0.1, 0.15) is 5.75 Å². The predicted molar refractivity (Wildman–Crippen MR) is 107 cm³/mol. The largest absolute Gasteiger partial charge is 0.496 e. The molecule has 26 heavy (non-hydrogen) atoms. The Morgan fingerprint density at radius 1 is 1.15 bits per heavy atom. The molecule has 8 heteroatoms. The first-order valence-corrected chi connectivity index (χ1v) is 8.73. The Labute approximate surface area is 164 Å². The lowest BCUT2D eigenvalue weighted by Gasteiger charge is -2.15. The van der Waals surface area contributed by atoms with E-state index in [-0.39, 0.29) is 10.7 Å². The topological polar surface area (TPSA) is 87.7 Å². The van der Waals surface area contributed by atoms with Gasteiger partial charge in [0.2, 0.25) is 0 Å². The highest BCUT2D eigenvalue weighted by atomic mass is 79.9. The molecule has 136 valence electrons. The molecule has 0 aliphatic rings. The van der Waals surface area contributed by atoms with E-state index in [0.29, 0.717) is 22.6 Å². The van der Waals surface area contributed by atoms with Crippen molar-refractivity contribution >= 4 is 50.8 Å². The van der Waals surface area contributed by atoms with Crippen LogP contribution in [0.4, 0.5) is 5.69 Å². The van der Waals surface area contributed by atoms with Gasteiger partial charge in [0.05, 0.1) is 18.2 Å². The Balaban J connectivity index is 2.16. The highest BCUT2D eigenvalue weighted by molar-refractivity contribution is 9.10. The first-order chi connectivity index (χ1) is 12.2. The number of thiocarbonyl (C=S) groups is 1. The standard InChI is InChI=1S/C18H17BrN2O4S/c1-9-6-11(17(23)24)4-5-14(9)20-18(26)21-16(22)13-8-12(19)7-10(2)15(13)25-3/h4-8H,1-3H3,(H,23,24)(H2,20,21,22,26). The molecule has 0 unspecified atom stereocenters. The van der Waals surface area contributed by atoms with Crippen LogP contribution in [0, 0.1) is 13.8 Å². The lowest BCUT2D eigenvalue weighted by molar-refractivity contribution is 0.0696. The van der Waals surface area contributed by atoms with Crippen molar-refractivity contribution in [2.45, 2.75) is 13.8 Å². The second kappa shape index (κ2) is 8.29. The van der Waals surface area contributed by atoms with Crippen molar-refractivity contribution in [2.75, 3.05) is 12.4 Å². The number of carboxylic acids is 1. The minimum absolute atomic E-state index is 0.0980. The van der Waals surface area contributed by atoms with E-state index in [2.05, 4.69) is 26.6 Å². The number of benzene rings is 2. The summed E-state index contributed by atoms with van der Waals surface area (Å²) < 4.78 is 6.06. The average Bonchev–Trinajstić information content (AvgIpc) is 2.55. The van der Waals surface area contributed by atoms with E-state index in [1.165, 1.54) is 19.2 Å². The van der Waals surface area contributed by atoms with Crippen LogP contribution in [0.25, 0.3) is 0 Å². The molecule has 3 N–H and O–H groups in total. The number of hydrogen-bond donors (Lipinski definition) is 3. The summed E-state index contributed by atoms with van der Waals surface area (Å²) in [5, 5.41) is 14.6. The quantitative estimate of drug-likeness (QED) is 0.629. The molecule has 2 rings (SSSR count). The molecule has 0 aliphatic heterocycles. The number of halogens is 1. The fourth-order valence-electron chi connectivity index (χ4n) is 2.43. The summed E-state index contributed by atoms with van der Waals surface area (Å²) in [5.74, 6) is -0.952. The summed E-state index contributed by atoms with van der Waals surface area (Å²) in [4.78, 5) is 23.5. The van der Waals surface area contributed by atoms with Gasteiger partial charge in [-0.05, 0) is 67.5 Å². The molecule has 0 saturated carbocycles. The maximum atomic E-state index is 12.5. The van der Waals surface area contributed by atoms with E-state index in [9.17, 15) is 9.59 Å². The highest BCUT2D eigenvalue weighted by Crippen LogP contribution is 2.27. The monoisotopic (exact) mass is 436 g/mol. The first-order valence-electron chi connectivity index (χ1n) is 7.53. The van der Waals surface area contributed by atoms with Gasteiger partial charge in [-0.15, -0.1) is 0 Å². The van der Waals surface area contributed by atoms with Crippen LogP contribution in [0.5, 0.6) is 5.75 Å². The van der Waals surface area contributed by atoms with E-state index < -0.39 is 11.9 Å². The second-order valence-corrected chi connectivity index (χ2v) is 6.87. The molecule has 0 fully saturated rings. The number of nitrogens with one attached hydrogen (secondary N) is 2. The second-order valence-electron chi connectivity index (χ2n) is 5.55. The maximum absolute atomic E-state index is 12.5. The number of aromatic carboxylic acids is 1. The molecule has 0 atom stereocenters. The van der Waals surface area contributed by atoms with Gasteiger partial charge in [-0.2, -0.15) is 0 Å². The number of aryl methyl sites for hydroxylation is 2. The van der Waals surface area contributed by atoms with E-state index in [1.54, 1.807) is 19.1 Å². The van der Waals surface area contributed by atoms with Crippen molar-refractivity contribution in [2.24, 2.45) is 0 Å². The fourth-order valence-corrected chi connectivity index (χ4v) is 3.21. The van der Waals surface area contributed by atoms with Gasteiger partial charge in [-0.3, -0.25) is 10.1 Å². The summed E-state index contributed by atoms with van der Waals surface area (Å²) in [7, 11) is 1.50. The Morgan fingerprint density at radius 3 is 2.42 bits per heavy atom. The molecule has 0 saturated heterocycles. The van der Waals surface area contributed by atoms with E-state index in [1.807, 2.05) is 13.0 Å². The molecule has 0 spiro atoms. The third-order valence-electron chi connectivity index (χ3n) is 3.64. The zero-order chi connectivity index (χ0) is 19.4. The molecule has 0 aromatic heterocycles. The molecular formula is C18H17BrN2O4S. The highest BCUT2D eigenvalue weighted by Gasteiger charge is 2.17. The third-order valence-corrected chi connectivity index (χ3v) is 4.30.